The van der Waals surface area contributed by atoms with E-state index in [0.29, 0.717) is 6.54 Å². The highest BCUT2D eigenvalue weighted by Crippen LogP contribution is 2.26. The lowest BCUT2D eigenvalue weighted by molar-refractivity contribution is -0.142. The van der Waals surface area contributed by atoms with Crippen LogP contribution in [0.15, 0.2) is 28.2 Å². The zero-order valence-electron chi connectivity index (χ0n) is 10.3. The van der Waals surface area contributed by atoms with Crippen molar-refractivity contribution in [3.63, 3.8) is 0 Å². The van der Waals surface area contributed by atoms with Crippen LogP contribution in [0.1, 0.15) is 18.5 Å². The van der Waals surface area contributed by atoms with Gasteiger partial charge in [0.25, 0.3) is 0 Å². The fourth-order valence-electron chi connectivity index (χ4n) is 2.40. The fraction of sp³-hybridized carbons (Fsp3) is 0.385. The number of hydrogen-bond donors (Lipinski definition) is 1. The molecule has 1 N–H and O–H groups in total. The summed E-state index contributed by atoms with van der Waals surface area (Å²) >= 11 is 1.52. The molecule has 1 aliphatic heterocycles. The summed E-state index contributed by atoms with van der Waals surface area (Å²) in [6.07, 6.45) is 3.29. The van der Waals surface area contributed by atoms with Gasteiger partial charge >= 0.3 is 5.97 Å². The lowest BCUT2D eigenvalue weighted by Gasteiger charge is -2.19. The normalized spacial score (nSPS) is 19.9. The van der Waals surface area contributed by atoms with Gasteiger partial charge in [0, 0.05) is 11.9 Å². The summed E-state index contributed by atoms with van der Waals surface area (Å²) in [5.41, 5.74) is 0.907. The van der Waals surface area contributed by atoms with Crippen LogP contribution in [0.5, 0.6) is 0 Å². The average molecular weight is 278 g/mol. The molecule has 1 aliphatic rings. The minimum Gasteiger partial charge on any atom is -0.480 e. The number of hydrogen-bond acceptors (Lipinski definition) is 5. The number of thiazole rings is 1. The number of carboxylic acids is 1. The van der Waals surface area contributed by atoms with Gasteiger partial charge in [-0.05, 0) is 31.5 Å². The van der Waals surface area contributed by atoms with E-state index in [2.05, 4.69) is 4.98 Å². The van der Waals surface area contributed by atoms with Crippen molar-refractivity contribution in [1.82, 2.24) is 9.88 Å². The average Bonchev–Trinajstić information content (AvgIpc) is 3.09. The van der Waals surface area contributed by atoms with Gasteiger partial charge in [0.1, 0.15) is 6.04 Å². The number of carbonyl (C=O) groups is 1. The van der Waals surface area contributed by atoms with Gasteiger partial charge in [-0.1, -0.05) is 0 Å². The summed E-state index contributed by atoms with van der Waals surface area (Å²) in [5, 5.41) is 11.9. The van der Waals surface area contributed by atoms with E-state index in [1.54, 1.807) is 6.26 Å². The molecular formula is C13H14N2O3S. The molecule has 0 saturated carbocycles. The number of aliphatic carboxylic acids is 1. The Balaban J connectivity index is 1.72. The largest absolute Gasteiger partial charge is 0.480 e. The van der Waals surface area contributed by atoms with Crippen molar-refractivity contribution < 1.29 is 14.3 Å². The molecule has 1 fully saturated rings. The van der Waals surface area contributed by atoms with Gasteiger partial charge in [-0.15, -0.1) is 11.3 Å². The molecule has 1 unspecified atom stereocenters. The summed E-state index contributed by atoms with van der Waals surface area (Å²) in [5.74, 6) is 0.0199. The number of nitrogens with zero attached hydrogens (tertiary/aromatic N) is 2. The molecule has 1 saturated heterocycles. The standard InChI is InChI=1S/C13H14N2O3S/c16-13(17)10-3-1-5-15(10)7-9-8-19-12(14-9)11-4-2-6-18-11/h2,4,6,8,10H,1,3,5,7H2,(H,16,17). The molecule has 0 amide bonds. The molecular weight excluding hydrogens is 264 g/mol. The lowest BCUT2D eigenvalue weighted by atomic mass is 10.2. The molecule has 3 rings (SSSR count). The van der Waals surface area contributed by atoms with Gasteiger partial charge in [0.15, 0.2) is 10.8 Å². The topological polar surface area (TPSA) is 66.6 Å². The van der Waals surface area contributed by atoms with E-state index < -0.39 is 5.97 Å². The summed E-state index contributed by atoms with van der Waals surface area (Å²) in [4.78, 5) is 17.6. The molecule has 0 radical (unpaired) electrons. The minimum absolute atomic E-state index is 0.367. The number of rotatable bonds is 4. The van der Waals surface area contributed by atoms with Crippen molar-refractivity contribution in [2.75, 3.05) is 6.54 Å². The van der Waals surface area contributed by atoms with Gasteiger partial charge in [-0.2, -0.15) is 0 Å². The predicted octanol–water partition coefficient (Wildman–Crippen LogP) is 2.45. The van der Waals surface area contributed by atoms with Crippen LogP contribution in [0.2, 0.25) is 0 Å². The Morgan fingerprint density at radius 3 is 3.26 bits per heavy atom. The van der Waals surface area contributed by atoms with Crippen LogP contribution >= 0.6 is 11.3 Å². The van der Waals surface area contributed by atoms with Crippen LogP contribution in [0.4, 0.5) is 0 Å². The maximum atomic E-state index is 11.1. The maximum Gasteiger partial charge on any atom is 0.320 e. The molecule has 100 valence electrons. The van der Waals surface area contributed by atoms with E-state index in [-0.39, 0.29) is 6.04 Å². The number of aromatic nitrogens is 1. The van der Waals surface area contributed by atoms with Gasteiger partial charge in [0.2, 0.25) is 0 Å². The molecule has 5 nitrogen and oxygen atoms in total. The molecule has 6 heteroatoms. The first-order valence-electron chi connectivity index (χ1n) is 6.19. The zero-order chi connectivity index (χ0) is 13.2. The third-order valence-corrected chi connectivity index (χ3v) is 4.20. The van der Waals surface area contributed by atoms with Crippen molar-refractivity contribution in [3.05, 3.63) is 29.5 Å². The van der Waals surface area contributed by atoms with E-state index in [1.165, 1.54) is 11.3 Å². The number of carboxylic acid groups (broad SMARTS) is 1. The quantitative estimate of drug-likeness (QED) is 0.930. The molecule has 1 atom stereocenters. The van der Waals surface area contributed by atoms with Crippen molar-refractivity contribution in [1.29, 1.82) is 0 Å². The summed E-state index contributed by atoms with van der Waals surface area (Å²) in [6, 6.07) is 3.34. The monoisotopic (exact) mass is 278 g/mol. The molecule has 0 aliphatic carbocycles. The Morgan fingerprint density at radius 1 is 1.63 bits per heavy atom. The van der Waals surface area contributed by atoms with E-state index in [9.17, 15) is 4.79 Å². The van der Waals surface area contributed by atoms with Crippen molar-refractivity contribution in [2.45, 2.75) is 25.4 Å². The second-order valence-corrected chi connectivity index (χ2v) is 5.45. The summed E-state index contributed by atoms with van der Waals surface area (Å²) < 4.78 is 5.30. The first kappa shape index (κ1) is 12.4. The highest BCUT2D eigenvalue weighted by molar-refractivity contribution is 7.13. The first-order chi connectivity index (χ1) is 9.24. The van der Waals surface area contributed by atoms with Crippen LogP contribution in [-0.2, 0) is 11.3 Å². The third-order valence-electron chi connectivity index (χ3n) is 3.30. The van der Waals surface area contributed by atoms with E-state index in [1.807, 2.05) is 22.4 Å². The Morgan fingerprint density at radius 2 is 2.53 bits per heavy atom. The van der Waals surface area contributed by atoms with Crippen molar-refractivity contribution in [2.24, 2.45) is 0 Å². The van der Waals surface area contributed by atoms with E-state index in [0.717, 1.165) is 35.8 Å². The van der Waals surface area contributed by atoms with Gasteiger partial charge in [-0.3, -0.25) is 9.69 Å². The minimum atomic E-state index is -0.737. The highest BCUT2D eigenvalue weighted by atomic mass is 32.1. The van der Waals surface area contributed by atoms with Crippen LogP contribution in [0.3, 0.4) is 0 Å². The molecule has 19 heavy (non-hydrogen) atoms. The third kappa shape index (κ3) is 2.54. The number of furan rings is 1. The van der Waals surface area contributed by atoms with Crippen molar-refractivity contribution >= 4 is 17.3 Å². The Hall–Kier alpha value is -1.66. The number of likely N-dealkylation sites (tertiary alicyclic amines) is 1. The Labute approximate surface area is 114 Å². The predicted molar refractivity (Wildman–Crippen MR) is 70.9 cm³/mol. The molecule has 0 aromatic carbocycles. The van der Waals surface area contributed by atoms with E-state index >= 15 is 0 Å². The van der Waals surface area contributed by atoms with E-state index in [4.69, 9.17) is 9.52 Å². The second kappa shape index (κ2) is 5.14. The van der Waals surface area contributed by atoms with Gasteiger partial charge in [0.05, 0.1) is 12.0 Å². The lowest BCUT2D eigenvalue weighted by Crippen LogP contribution is -2.35. The van der Waals surface area contributed by atoms with Crippen LogP contribution < -0.4 is 0 Å². The fourth-order valence-corrected chi connectivity index (χ4v) is 3.17. The second-order valence-electron chi connectivity index (χ2n) is 4.59. The van der Waals surface area contributed by atoms with Gasteiger partial charge < -0.3 is 9.52 Å². The zero-order valence-corrected chi connectivity index (χ0v) is 11.1. The smallest absolute Gasteiger partial charge is 0.320 e. The Bertz CT molecular complexity index is 564. The van der Waals surface area contributed by atoms with Crippen LogP contribution in [0, 0.1) is 0 Å². The van der Waals surface area contributed by atoms with Crippen molar-refractivity contribution in [3.8, 4) is 10.8 Å². The summed E-state index contributed by atoms with van der Waals surface area (Å²) in [6.45, 7) is 1.42. The summed E-state index contributed by atoms with van der Waals surface area (Å²) in [7, 11) is 0. The molecule has 2 aromatic rings. The first-order valence-corrected chi connectivity index (χ1v) is 7.07. The molecule has 0 bridgehead atoms. The molecule has 0 spiro atoms. The SMILES string of the molecule is O=C(O)C1CCCN1Cc1csc(-c2ccco2)n1. The van der Waals surface area contributed by atoms with Crippen LogP contribution in [-0.4, -0.2) is 33.5 Å². The Kier molecular flexibility index (Phi) is 3.35. The highest BCUT2D eigenvalue weighted by Gasteiger charge is 2.30. The maximum absolute atomic E-state index is 11.1. The van der Waals surface area contributed by atoms with Crippen LogP contribution in [0.25, 0.3) is 10.8 Å². The molecule has 2 aromatic heterocycles. The van der Waals surface area contributed by atoms with Gasteiger partial charge in [-0.25, -0.2) is 4.98 Å². The molecule has 3 heterocycles.